The summed E-state index contributed by atoms with van der Waals surface area (Å²) in [6.45, 7) is 5.83. The van der Waals surface area contributed by atoms with Crippen LogP contribution in [0.4, 0.5) is 8.78 Å². The van der Waals surface area contributed by atoms with E-state index in [1.165, 1.54) is 6.20 Å². The Morgan fingerprint density at radius 3 is 2.34 bits per heavy atom. The van der Waals surface area contributed by atoms with E-state index < -0.39 is 32.6 Å². The molecule has 1 N–H and O–H groups in total. The summed E-state index contributed by atoms with van der Waals surface area (Å²) in [7, 11) is -4.43. The van der Waals surface area contributed by atoms with E-state index in [9.17, 15) is 17.2 Å². The summed E-state index contributed by atoms with van der Waals surface area (Å²) in [5.74, 6) is -1.72. The van der Waals surface area contributed by atoms with Crippen LogP contribution in [0.25, 0.3) is 0 Å². The van der Waals surface area contributed by atoms with E-state index in [1.807, 2.05) is 26.0 Å². The third-order valence-corrected chi connectivity index (χ3v) is 5.95. The van der Waals surface area contributed by atoms with Gasteiger partial charge in [-0.3, -0.25) is 4.57 Å². The van der Waals surface area contributed by atoms with Crippen LogP contribution in [-0.2, 0) is 16.6 Å². The molecule has 3 aromatic rings. The number of ether oxygens (including phenoxy) is 1. The van der Waals surface area contributed by atoms with Gasteiger partial charge in [0.05, 0.1) is 17.9 Å². The Morgan fingerprint density at radius 1 is 1.14 bits per heavy atom. The molecular formula is C20H21F2N3O3S. The van der Waals surface area contributed by atoms with Gasteiger partial charge in [-0.2, -0.15) is 0 Å². The highest BCUT2D eigenvalue weighted by Gasteiger charge is 2.27. The first-order valence-electron chi connectivity index (χ1n) is 8.99. The van der Waals surface area contributed by atoms with Crippen molar-refractivity contribution in [1.82, 2.24) is 14.3 Å². The lowest BCUT2D eigenvalue weighted by Gasteiger charge is -2.17. The number of sulfonamides is 1. The van der Waals surface area contributed by atoms with E-state index in [2.05, 4.69) is 9.71 Å². The van der Waals surface area contributed by atoms with Gasteiger partial charge < -0.3 is 4.74 Å². The number of nitrogens with one attached hydrogen (secondary N) is 1. The molecule has 0 amide bonds. The first-order valence-corrected chi connectivity index (χ1v) is 10.5. The third kappa shape index (κ3) is 4.46. The molecule has 6 nitrogen and oxygen atoms in total. The minimum absolute atomic E-state index is 0.287. The molecule has 3 rings (SSSR count). The predicted molar refractivity (Wildman–Crippen MR) is 104 cm³/mol. The molecule has 0 saturated heterocycles. The van der Waals surface area contributed by atoms with Gasteiger partial charge in [0, 0.05) is 6.54 Å². The molecule has 1 aromatic heterocycles. The second kappa shape index (κ2) is 8.30. The zero-order valence-electron chi connectivity index (χ0n) is 16.2. The van der Waals surface area contributed by atoms with Crippen molar-refractivity contribution in [1.29, 1.82) is 0 Å². The number of hydrogen-bond acceptors (Lipinski definition) is 4. The van der Waals surface area contributed by atoms with Gasteiger partial charge in [-0.25, -0.2) is 26.9 Å². The molecule has 0 aliphatic carbocycles. The van der Waals surface area contributed by atoms with Crippen molar-refractivity contribution in [3.63, 3.8) is 0 Å². The Kier molecular flexibility index (Phi) is 5.99. The summed E-state index contributed by atoms with van der Waals surface area (Å²) in [6.07, 6.45) is 1.47. The maximum atomic E-state index is 13.9. The Morgan fingerprint density at radius 2 is 1.76 bits per heavy atom. The van der Waals surface area contributed by atoms with Gasteiger partial charge in [0.2, 0.25) is 10.0 Å². The zero-order valence-corrected chi connectivity index (χ0v) is 17.0. The van der Waals surface area contributed by atoms with Crippen molar-refractivity contribution in [2.75, 3.05) is 0 Å². The van der Waals surface area contributed by atoms with Crippen molar-refractivity contribution < 1.29 is 21.9 Å². The lowest BCUT2D eigenvalue weighted by molar-refractivity contribution is 0.408. The topological polar surface area (TPSA) is 73.2 Å². The van der Waals surface area contributed by atoms with Crippen LogP contribution >= 0.6 is 0 Å². The molecule has 1 unspecified atom stereocenters. The average molecular weight is 421 g/mol. The third-order valence-electron chi connectivity index (χ3n) is 4.36. The van der Waals surface area contributed by atoms with Crippen LogP contribution in [0.1, 0.15) is 31.1 Å². The molecule has 0 spiro atoms. The molecule has 0 aliphatic heterocycles. The first-order chi connectivity index (χ1) is 13.7. The Balaban J connectivity index is 1.87. The number of halogens is 2. The lowest BCUT2D eigenvalue weighted by Crippen LogP contribution is -2.29. The van der Waals surface area contributed by atoms with E-state index in [0.29, 0.717) is 18.0 Å². The van der Waals surface area contributed by atoms with Crippen molar-refractivity contribution in [2.45, 2.75) is 38.3 Å². The quantitative estimate of drug-likeness (QED) is 0.617. The second-order valence-electron chi connectivity index (χ2n) is 6.52. The van der Waals surface area contributed by atoms with Gasteiger partial charge in [-0.15, -0.1) is 0 Å². The van der Waals surface area contributed by atoms with Crippen molar-refractivity contribution >= 4 is 10.0 Å². The first kappa shape index (κ1) is 20.9. The van der Waals surface area contributed by atoms with E-state index in [1.54, 1.807) is 23.6 Å². The zero-order chi connectivity index (χ0) is 21.2. The molecule has 154 valence electrons. The summed E-state index contributed by atoms with van der Waals surface area (Å²) < 4.78 is 62.7. The van der Waals surface area contributed by atoms with Gasteiger partial charge in [0.15, 0.2) is 4.90 Å². The lowest BCUT2D eigenvalue weighted by atomic mass is 10.2. The molecule has 2 aromatic carbocycles. The SMILES string of the molecule is CCn1c(C(C)NS(=O)(=O)c2c(F)cccc2F)cnc1Oc1ccc(C)cc1. The minimum Gasteiger partial charge on any atom is -0.426 e. The van der Waals surface area contributed by atoms with Gasteiger partial charge in [0.1, 0.15) is 17.4 Å². The normalized spacial score (nSPS) is 12.7. The van der Waals surface area contributed by atoms with Gasteiger partial charge in [0.25, 0.3) is 0 Å². The molecule has 1 heterocycles. The second-order valence-corrected chi connectivity index (χ2v) is 8.17. The van der Waals surface area contributed by atoms with E-state index in [0.717, 1.165) is 23.8 Å². The highest BCUT2D eigenvalue weighted by atomic mass is 32.2. The van der Waals surface area contributed by atoms with Gasteiger partial charge in [-0.05, 0) is 45.0 Å². The van der Waals surface area contributed by atoms with Crippen LogP contribution in [0.2, 0.25) is 0 Å². The number of benzene rings is 2. The minimum atomic E-state index is -4.43. The fourth-order valence-electron chi connectivity index (χ4n) is 2.92. The van der Waals surface area contributed by atoms with Crippen LogP contribution in [0.3, 0.4) is 0 Å². The summed E-state index contributed by atoms with van der Waals surface area (Å²) in [6, 6.07) is 9.78. The van der Waals surface area contributed by atoms with Crippen LogP contribution in [0.15, 0.2) is 53.6 Å². The number of rotatable bonds is 7. The summed E-state index contributed by atoms with van der Waals surface area (Å²) in [5.41, 5.74) is 1.58. The molecular weight excluding hydrogens is 400 g/mol. The predicted octanol–water partition coefficient (Wildman–Crippen LogP) is 4.32. The van der Waals surface area contributed by atoms with E-state index >= 15 is 0 Å². The molecule has 0 bridgehead atoms. The summed E-state index contributed by atoms with van der Waals surface area (Å²) in [5, 5.41) is 0. The largest absolute Gasteiger partial charge is 0.426 e. The fraction of sp³-hybridized carbons (Fsp3) is 0.250. The molecule has 0 aliphatic rings. The Labute approximate surface area is 168 Å². The number of aromatic nitrogens is 2. The number of nitrogens with zero attached hydrogens (tertiary/aromatic N) is 2. The summed E-state index contributed by atoms with van der Waals surface area (Å²) in [4.78, 5) is 3.21. The Hall–Kier alpha value is -2.78. The van der Waals surface area contributed by atoms with Gasteiger partial charge in [-0.1, -0.05) is 23.8 Å². The van der Waals surface area contributed by atoms with Crippen LogP contribution < -0.4 is 9.46 Å². The van der Waals surface area contributed by atoms with Crippen LogP contribution in [0.5, 0.6) is 11.8 Å². The molecule has 1 atom stereocenters. The smallest absolute Gasteiger partial charge is 0.302 e. The van der Waals surface area contributed by atoms with E-state index in [-0.39, 0.29) is 6.01 Å². The fourth-order valence-corrected chi connectivity index (χ4v) is 4.27. The highest BCUT2D eigenvalue weighted by Crippen LogP contribution is 2.26. The maximum absolute atomic E-state index is 13.9. The number of hydrogen-bond donors (Lipinski definition) is 1. The van der Waals surface area contributed by atoms with E-state index in [4.69, 9.17) is 4.74 Å². The number of imidazole rings is 1. The van der Waals surface area contributed by atoms with Crippen molar-refractivity contribution in [2.24, 2.45) is 0 Å². The highest BCUT2D eigenvalue weighted by molar-refractivity contribution is 7.89. The van der Waals surface area contributed by atoms with Gasteiger partial charge >= 0.3 is 6.01 Å². The number of aryl methyl sites for hydroxylation is 1. The van der Waals surface area contributed by atoms with Crippen molar-refractivity contribution in [3.05, 3.63) is 71.6 Å². The maximum Gasteiger partial charge on any atom is 0.302 e. The average Bonchev–Trinajstić information content (AvgIpc) is 3.05. The molecule has 9 heteroatoms. The molecule has 0 fully saturated rings. The standard InChI is InChI=1S/C20H21F2N3O3S/c1-4-25-18(12-23-20(25)28-15-10-8-13(2)9-11-15)14(3)24-29(26,27)19-16(21)6-5-7-17(19)22/h5-12,14,24H,4H2,1-3H3. The van der Waals surface area contributed by atoms with Crippen molar-refractivity contribution in [3.8, 4) is 11.8 Å². The van der Waals surface area contributed by atoms with Crippen LogP contribution in [0, 0.1) is 18.6 Å². The molecule has 0 saturated carbocycles. The monoisotopic (exact) mass is 421 g/mol. The molecule has 0 radical (unpaired) electrons. The Bertz CT molecular complexity index is 1090. The molecule has 29 heavy (non-hydrogen) atoms. The summed E-state index contributed by atoms with van der Waals surface area (Å²) >= 11 is 0. The van der Waals surface area contributed by atoms with Crippen LogP contribution in [-0.4, -0.2) is 18.0 Å².